The molecule has 1 aromatic carbocycles. The van der Waals surface area contributed by atoms with Crippen molar-refractivity contribution in [2.45, 2.75) is 26.7 Å². The number of amidine groups is 1. The number of rotatable bonds is 4. The molecule has 3 N–H and O–H groups in total. The van der Waals surface area contributed by atoms with Crippen LogP contribution in [0.2, 0.25) is 5.02 Å². The van der Waals surface area contributed by atoms with Crippen molar-refractivity contribution in [1.29, 1.82) is 5.41 Å². The predicted octanol–water partition coefficient (Wildman–Crippen LogP) is 4.24. The average Bonchev–Trinajstić information content (AvgIpc) is 2.41. The first-order valence-corrected chi connectivity index (χ1v) is 7.05. The maximum absolute atomic E-state index is 7.55. The standard InChI is InChI=1S/C16H18ClN3O/c1-9(2)11-8-14(10(3)7-12(11)17)21-13-5-4-6-20-15(13)16(18)19/h4-9H,1-3H3,(H3,18,19). The summed E-state index contributed by atoms with van der Waals surface area (Å²) in [6.07, 6.45) is 1.58. The van der Waals surface area contributed by atoms with Gasteiger partial charge in [0.25, 0.3) is 0 Å². The highest BCUT2D eigenvalue weighted by Gasteiger charge is 2.13. The van der Waals surface area contributed by atoms with Gasteiger partial charge in [-0.2, -0.15) is 0 Å². The van der Waals surface area contributed by atoms with Gasteiger partial charge >= 0.3 is 0 Å². The first-order chi connectivity index (χ1) is 9.90. The van der Waals surface area contributed by atoms with Crippen LogP contribution in [0.5, 0.6) is 11.5 Å². The number of nitrogens with two attached hydrogens (primary N) is 1. The van der Waals surface area contributed by atoms with Crippen LogP contribution in [0.4, 0.5) is 0 Å². The number of pyridine rings is 1. The Morgan fingerprint density at radius 3 is 2.67 bits per heavy atom. The molecule has 0 aliphatic heterocycles. The van der Waals surface area contributed by atoms with Crippen LogP contribution in [0.15, 0.2) is 30.5 Å². The van der Waals surface area contributed by atoms with Gasteiger partial charge in [0.15, 0.2) is 5.75 Å². The van der Waals surface area contributed by atoms with Gasteiger partial charge in [0.2, 0.25) is 0 Å². The fraction of sp³-hybridized carbons (Fsp3) is 0.250. The fourth-order valence-electron chi connectivity index (χ4n) is 2.01. The van der Waals surface area contributed by atoms with Crippen LogP contribution < -0.4 is 10.5 Å². The number of nitrogen functional groups attached to an aromatic ring is 1. The molecular formula is C16H18ClN3O. The summed E-state index contributed by atoms with van der Waals surface area (Å²) < 4.78 is 5.91. The topological polar surface area (TPSA) is 72.0 Å². The lowest BCUT2D eigenvalue weighted by Crippen LogP contribution is -2.14. The third-order valence-corrected chi connectivity index (χ3v) is 3.49. The summed E-state index contributed by atoms with van der Waals surface area (Å²) in [6.45, 7) is 6.08. The van der Waals surface area contributed by atoms with Gasteiger partial charge < -0.3 is 10.5 Å². The molecular weight excluding hydrogens is 286 g/mol. The van der Waals surface area contributed by atoms with Gasteiger partial charge in [0.05, 0.1) is 0 Å². The maximum atomic E-state index is 7.55. The van der Waals surface area contributed by atoms with E-state index in [0.717, 1.165) is 16.1 Å². The summed E-state index contributed by atoms with van der Waals surface area (Å²) in [7, 11) is 0. The van der Waals surface area contributed by atoms with Crippen LogP contribution in [0, 0.1) is 12.3 Å². The number of hydrogen-bond donors (Lipinski definition) is 2. The second-order valence-corrected chi connectivity index (χ2v) is 5.57. The third kappa shape index (κ3) is 3.34. The molecule has 5 heteroatoms. The normalized spacial score (nSPS) is 10.7. The van der Waals surface area contributed by atoms with Crippen LogP contribution in [-0.2, 0) is 0 Å². The molecule has 2 aromatic rings. The first kappa shape index (κ1) is 15.3. The monoisotopic (exact) mass is 303 g/mol. The van der Waals surface area contributed by atoms with Gasteiger partial charge in [-0.3, -0.25) is 5.41 Å². The highest BCUT2D eigenvalue weighted by Crippen LogP contribution is 2.34. The molecule has 0 aliphatic carbocycles. The SMILES string of the molecule is Cc1cc(Cl)c(C(C)C)cc1Oc1cccnc1C(=N)N. The minimum Gasteiger partial charge on any atom is -0.455 e. The largest absolute Gasteiger partial charge is 0.455 e. The molecule has 2 rings (SSSR count). The van der Waals surface area contributed by atoms with Crippen molar-refractivity contribution in [3.05, 3.63) is 52.3 Å². The highest BCUT2D eigenvalue weighted by atomic mass is 35.5. The lowest BCUT2D eigenvalue weighted by Gasteiger charge is -2.15. The number of ether oxygens (including phenoxy) is 1. The van der Waals surface area contributed by atoms with Crippen molar-refractivity contribution < 1.29 is 4.74 Å². The maximum Gasteiger partial charge on any atom is 0.156 e. The Bertz CT molecular complexity index is 683. The smallest absolute Gasteiger partial charge is 0.156 e. The molecule has 1 heterocycles. The fourth-order valence-corrected chi connectivity index (χ4v) is 2.45. The van der Waals surface area contributed by atoms with E-state index < -0.39 is 0 Å². The van der Waals surface area contributed by atoms with Gasteiger partial charge in [-0.1, -0.05) is 25.4 Å². The van der Waals surface area contributed by atoms with Crippen molar-refractivity contribution >= 4 is 17.4 Å². The number of nitrogens with zero attached hydrogens (tertiary/aromatic N) is 1. The molecule has 4 nitrogen and oxygen atoms in total. The third-order valence-electron chi connectivity index (χ3n) is 3.16. The van der Waals surface area contributed by atoms with Gasteiger partial charge in [-0.15, -0.1) is 0 Å². The van der Waals surface area contributed by atoms with Gasteiger partial charge in [-0.25, -0.2) is 4.98 Å². The average molecular weight is 304 g/mol. The summed E-state index contributed by atoms with van der Waals surface area (Å²) >= 11 is 6.26. The van der Waals surface area contributed by atoms with E-state index in [2.05, 4.69) is 18.8 Å². The van der Waals surface area contributed by atoms with Crippen LogP contribution in [-0.4, -0.2) is 10.8 Å². The molecule has 1 aromatic heterocycles. The zero-order chi connectivity index (χ0) is 15.6. The number of nitrogens with one attached hydrogen (secondary N) is 1. The minimum absolute atomic E-state index is 0.124. The minimum atomic E-state index is -0.124. The summed E-state index contributed by atoms with van der Waals surface area (Å²) in [6, 6.07) is 7.30. The van der Waals surface area contributed by atoms with Crippen molar-refractivity contribution in [2.75, 3.05) is 0 Å². The molecule has 21 heavy (non-hydrogen) atoms. The highest BCUT2D eigenvalue weighted by molar-refractivity contribution is 6.31. The van der Waals surface area contributed by atoms with Gasteiger partial charge in [-0.05, 0) is 48.2 Å². The summed E-state index contributed by atoms with van der Waals surface area (Å²) in [4.78, 5) is 4.08. The quantitative estimate of drug-likeness (QED) is 0.655. The van der Waals surface area contributed by atoms with E-state index in [1.165, 1.54) is 0 Å². The van der Waals surface area contributed by atoms with E-state index in [9.17, 15) is 0 Å². The second-order valence-electron chi connectivity index (χ2n) is 5.16. The molecule has 0 aliphatic rings. The zero-order valence-corrected chi connectivity index (χ0v) is 13.0. The van der Waals surface area contributed by atoms with Crippen LogP contribution in [0.1, 0.15) is 36.6 Å². The Morgan fingerprint density at radius 2 is 2.05 bits per heavy atom. The summed E-state index contributed by atoms with van der Waals surface area (Å²) in [5.41, 5.74) is 7.80. The molecule has 0 spiro atoms. The number of hydrogen-bond acceptors (Lipinski definition) is 3. The molecule has 0 bridgehead atoms. The van der Waals surface area contributed by atoms with Gasteiger partial charge in [0.1, 0.15) is 17.3 Å². The molecule has 0 radical (unpaired) electrons. The summed E-state index contributed by atoms with van der Waals surface area (Å²) in [5.74, 6) is 1.33. The van der Waals surface area contributed by atoms with Crippen LogP contribution in [0.25, 0.3) is 0 Å². The van der Waals surface area contributed by atoms with E-state index in [4.69, 9.17) is 27.5 Å². The molecule has 110 valence electrons. The van der Waals surface area contributed by atoms with Crippen molar-refractivity contribution in [3.63, 3.8) is 0 Å². The number of benzene rings is 1. The van der Waals surface area contributed by atoms with Crippen LogP contribution in [0.3, 0.4) is 0 Å². The van der Waals surface area contributed by atoms with E-state index in [1.807, 2.05) is 19.1 Å². The number of halogens is 1. The van der Waals surface area contributed by atoms with E-state index in [0.29, 0.717) is 23.1 Å². The van der Waals surface area contributed by atoms with Gasteiger partial charge in [0, 0.05) is 11.2 Å². The summed E-state index contributed by atoms with van der Waals surface area (Å²) in [5, 5.41) is 8.28. The lowest BCUT2D eigenvalue weighted by atomic mass is 10.0. The first-order valence-electron chi connectivity index (χ1n) is 6.67. The van der Waals surface area contributed by atoms with Crippen LogP contribution >= 0.6 is 11.6 Å². The zero-order valence-electron chi connectivity index (χ0n) is 12.3. The predicted molar refractivity (Wildman–Crippen MR) is 85.6 cm³/mol. The Morgan fingerprint density at radius 1 is 1.33 bits per heavy atom. The number of aromatic nitrogens is 1. The Kier molecular flexibility index (Phi) is 4.48. The van der Waals surface area contributed by atoms with Crippen molar-refractivity contribution in [1.82, 2.24) is 4.98 Å². The van der Waals surface area contributed by atoms with E-state index in [-0.39, 0.29) is 5.84 Å². The Labute approximate surface area is 129 Å². The molecule has 0 saturated heterocycles. The van der Waals surface area contributed by atoms with Crippen molar-refractivity contribution in [2.24, 2.45) is 5.73 Å². The van der Waals surface area contributed by atoms with E-state index in [1.54, 1.807) is 18.3 Å². The molecule has 0 unspecified atom stereocenters. The molecule has 0 fully saturated rings. The van der Waals surface area contributed by atoms with E-state index >= 15 is 0 Å². The molecule has 0 atom stereocenters. The Hall–Kier alpha value is -2.07. The second kappa shape index (κ2) is 6.14. The molecule has 0 amide bonds. The molecule has 0 saturated carbocycles. The Balaban J connectivity index is 2.45. The lowest BCUT2D eigenvalue weighted by molar-refractivity contribution is 0.474. The van der Waals surface area contributed by atoms with Crippen molar-refractivity contribution in [3.8, 4) is 11.5 Å². The number of aryl methyl sites for hydroxylation is 1.